The van der Waals surface area contributed by atoms with Crippen molar-refractivity contribution < 1.29 is 32.4 Å². The van der Waals surface area contributed by atoms with E-state index in [0.29, 0.717) is 22.2 Å². The van der Waals surface area contributed by atoms with Crippen LogP contribution in [0.2, 0.25) is 0 Å². The van der Waals surface area contributed by atoms with Gasteiger partial charge in [-0.15, -0.1) is 0 Å². The number of imide groups is 1. The molecule has 7 nitrogen and oxygen atoms in total. The van der Waals surface area contributed by atoms with Crippen LogP contribution in [0.3, 0.4) is 0 Å². The lowest BCUT2D eigenvalue weighted by atomic mass is 10.1. The number of hydrogen-bond acceptors (Lipinski definition) is 6. The number of nitro benzene ring substituents is 1. The van der Waals surface area contributed by atoms with Gasteiger partial charge in [-0.05, 0) is 75.2 Å². The molecule has 0 aliphatic carbocycles. The predicted molar refractivity (Wildman–Crippen MR) is 138 cm³/mol. The molecule has 1 saturated heterocycles. The Kier molecular flexibility index (Phi) is 7.76. The molecule has 37 heavy (non-hydrogen) atoms. The zero-order chi connectivity index (χ0) is 26.9. The molecule has 1 heterocycles. The first kappa shape index (κ1) is 26.9. The maximum atomic E-state index is 12.9. The van der Waals surface area contributed by atoms with Crippen molar-refractivity contribution in [1.82, 2.24) is 4.90 Å². The monoisotopic (exact) mass is 656 g/mol. The van der Waals surface area contributed by atoms with Crippen LogP contribution in [0.4, 0.5) is 23.7 Å². The summed E-state index contributed by atoms with van der Waals surface area (Å²) < 4.78 is 45.4. The molecule has 1 aliphatic heterocycles. The number of halogens is 5. The van der Waals surface area contributed by atoms with E-state index in [9.17, 15) is 32.9 Å². The number of carbonyl (C=O) groups is 2. The average molecular weight is 658 g/mol. The number of rotatable bonds is 6. The molecule has 190 valence electrons. The number of alkyl halides is 3. The summed E-state index contributed by atoms with van der Waals surface area (Å²) in [6.07, 6.45) is -3.23. The Labute approximate surface area is 228 Å². The van der Waals surface area contributed by atoms with Crippen molar-refractivity contribution in [3.05, 3.63) is 101 Å². The van der Waals surface area contributed by atoms with Crippen LogP contribution in [-0.2, 0) is 17.5 Å². The molecule has 0 atom stereocenters. The van der Waals surface area contributed by atoms with Crippen LogP contribution in [0.5, 0.6) is 11.5 Å². The van der Waals surface area contributed by atoms with Gasteiger partial charge in [0, 0.05) is 10.5 Å². The Morgan fingerprint density at radius 3 is 2.35 bits per heavy atom. The second-order valence-corrected chi connectivity index (χ2v) is 10.3. The first-order valence-corrected chi connectivity index (χ1v) is 12.7. The molecular formula is C24H13Br2F3N2O5S. The fourth-order valence-corrected chi connectivity index (χ4v) is 5.04. The third kappa shape index (κ3) is 6.05. The molecule has 4 rings (SSSR count). The predicted octanol–water partition coefficient (Wildman–Crippen LogP) is 8.17. The van der Waals surface area contributed by atoms with E-state index in [4.69, 9.17) is 4.74 Å². The minimum atomic E-state index is -4.75. The normalized spacial score (nSPS) is 14.9. The second-order valence-electron chi connectivity index (χ2n) is 7.59. The van der Waals surface area contributed by atoms with Gasteiger partial charge in [0.25, 0.3) is 11.1 Å². The Morgan fingerprint density at radius 2 is 1.70 bits per heavy atom. The quantitative estimate of drug-likeness (QED) is 0.151. The zero-order valence-corrected chi connectivity index (χ0v) is 22.3. The van der Waals surface area contributed by atoms with Crippen LogP contribution < -0.4 is 4.74 Å². The third-order valence-corrected chi connectivity index (χ3v) is 7.42. The largest absolute Gasteiger partial charge is 0.449 e. The van der Waals surface area contributed by atoms with E-state index < -0.39 is 33.5 Å². The Hall–Kier alpha value is -3.16. The maximum Gasteiger partial charge on any atom is 0.416 e. The fourth-order valence-electron chi connectivity index (χ4n) is 3.32. The van der Waals surface area contributed by atoms with Crippen molar-refractivity contribution in [3.63, 3.8) is 0 Å². The molecule has 0 unspecified atom stereocenters. The van der Waals surface area contributed by atoms with E-state index in [2.05, 4.69) is 31.9 Å². The molecule has 3 aromatic rings. The molecule has 1 aliphatic rings. The molecule has 13 heteroatoms. The molecule has 0 aromatic heterocycles. The van der Waals surface area contributed by atoms with Crippen molar-refractivity contribution in [2.45, 2.75) is 12.7 Å². The second kappa shape index (κ2) is 10.7. The van der Waals surface area contributed by atoms with Crippen molar-refractivity contribution in [1.29, 1.82) is 0 Å². The summed E-state index contributed by atoms with van der Waals surface area (Å²) in [4.78, 5) is 37.0. The van der Waals surface area contributed by atoms with E-state index in [1.165, 1.54) is 18.2 Å². The lowest BCUT2D eigenvalue weighted by Gasteiger charge is -2.13. The summed E-state index contributed by atoms with van der Waals surface area (Å²) in [6.45, 7) is 0.103. The van der Waals surface area contributed by atoms with Crippen LogP contribution in [0.15, 0.2) is 74.5 Å². The highest BCUT2D eigenvalue weighted by molar-refractivity contribution is 9.10. The molecule has 0 saturated carbocycles. The van der Waals surface area contributed by atoms with Gasteiger partial charge in [0.15, 0.2) is 0 Å². The van der Waals surface area contributed by atoms with Crippen LogP contribution in [0.25, 0.3) is 6.08 Å². The van der Waals surface area contributed by atoms with Crippen LogP contribution >= 0.6 is 43.6 Å². The molecule has 1 fully saturated rings. The van der Waals surface area contributed by atoms with E-state index in [0.717, 1.165) is 32.8 Å². The van der Waals surface area contributed by atoms with Gasteiger partial charge in [-0.3, -0.25) is 24.6 Å². The van der Waals surface area contributed by atoms with E-state index >= 15 is 0 Å². The molecular weight excluding hydrogens is 645 g/mol. The van der Waals surface area contributed by atoms with Crippen molar-refractivity contribution >= 4 is 66.5 Å². The van der Waals surface area contributed by atoms with Crippen LogP contribution in [0, 0.1) is 10.1 Å². The molecule has 0 N–H and O–H groups in total. The van der Waals surface area contributed by atoms with Gasteiger partial charge in [0.1, 0.15) is 5.75 Å². The summed E-state index contributed by atoms with van der Waals surface area (Å²) in [5.74, 6) is -0.732. The highest BCUT2D eigenvalue weighted by atomic mass is 79.9. The number of carbonyl (C=O) groups excluding carboxylic acids is 2. The summed E-state index contributed by atoms with van der Waals surface area (Å²) in [5.41, 5.74) is -0.723. The first-order valence-electron chi connectivity index (χ1n) is 10.3. The Balaban J connectivity index is 1.55. The molecule has 0 spiro atoms. The smallest absolute Gasteiger partial charge is 0.416 e. The summed E-state index contributed by atoms with van der Waals surface area (Å²) in [7, 11) is 0. The molecule has 0 radical (unpaired) electrons. The van der Waals surface area contributed by atoms with E-state index in [1.54, 1.807) is 18.2 Å². The third-order valence-electron chi connectivity index (χ3n) is 5.12. The van der Waals surface area contributed by atoms with Crippen molar-refractivity contribution in [2.24, 2.45) is 0 Å². The number of ether oxygens (including phenoxy) is 1. The Bertz CT molecular complexity index is 1460. The summed E-state index contributed by atoms with van der Waals surface area (Å²) >= 11 is 7.47. The number of nitro groups is 1. The van der Waals surface area contributed by atoms with Gasteiger partial charge in [0.2, 0.25) is 5.75 Å². The first-order chi connectivity index (χ1) is 17.4. The maximum absolute atomic E-state index is 12.9. The SMILES string of the molecule is O=C1S/C(=C/c2ccc(Oc3ccc(C(F)(F)F)cc3[N+](=O)[O-])c(Br)c2)C(=O)N1Cc1ccccc1Br. The van der Waals surface area contributed by atoms with Gasteiger partial charge in [-0.25, -0.2) is 0 Å². The molecule has 0 bridgehead atoms. The standard InChI is InChI=1S/C24H13Br2F3N2O5S/c25-16-4-2-1-3-14(16)12-30-22(32)21(37-23(30)33)10-13-5-7-19(17(26)9-13)36-20-8-6-15(24(27,28)29)11-18(20)31(34)35/h1-11H,12H2/b21-10+. The number of amides is 2. The lowest BCUT2D eigenvalue weighted by molar-refractivity contribution is -0.385. The number of nitrogens with zero attached hydrogens (tertiary/aromatic N) is 2. The van der Waals surface area contributed by atoms with Gasteiger partial charge in [-0.1, -0.05) is 40.2 Å². The van der Waals surface area contributed by atoms with Gasteiger partial charge < -0.3 is 4.74 Å². The van der Waals surface area contributed by atoms with Crippen LogP contribution in [0.1, 0.15) is 16.7 Å². The van der Waals surface area contributed by atoms with Crippen LogP contribution in [-0.4, -0.2) is 21.0 Å². The minimum absolute atomic E-state index is 0.0991. The van der Waals surface area contributed by atoms with Crippen molar-refractivity contribution in [2.75, 3.05) is 0 Å². The van der Waals surface area contributed by atoms with Gasteiger partial charge in [-0.2, -0.15) is 13.2 Å². The van der Waals surface area contributed by atoms with Gasteiger partial charge in [0.05, 0.1) is 26.4 Å². The topological polar surface area (TPSA) is 89.7 Å². The Morgan fingerprint density at radius 1 is 1.00 bits per heavy atom. The summed E-state index contributed by atoms with van der Waals surface area (Å²) in [5, 5.41) is 10.9. The van der Waals surface area contributed by atoms with Crippen molar-refractivity contribution in [3.8, 4) is 11.5 Å². The number of hydrogen-bond donors (Lipinski definition) is 0. The fraction of sp³-hybridized carbons (Fsp3) is 0.0833. The highest BCUT2D eigenvalue weighted by Crippen LogP contribution is 2.40. The molecule has 3 aromatic carbocycles. The minimum Gasteiger partial charge on any atom is -0.449 e. The average Bonchev–Trinajstić information content (AvgIpc) is 3.08. The lowest BCUT2D eigenvalue weighted by Crippen LogP contribution is -2.27. The summed E-state index contributed by atoms with van der Waals surface area (Å²) in [6, 6.07) is 13.7. The van der Waals surface area contributed by atoms with E-state index in [-0.39, 0.29) is 22.9 Å². The number of benzene rings is 3. The highest BCUT2D eigenvalue weighted by Gasteiger charge is 2.36. The van der Waals surface area contributed by atoms with Gasteiger partial charge >= 0.3 is 11.9 Å². The molecule has 2 amide bonds. The zero-order valence-electron chi connectivity index (χ0n) is 18.3. The van der Waals surface area contributed by atoms with E-state index in [1.807, 2.05) is 12.1 Å². The number of thioether (sulfide) groups is 1.